The van der Waals surface area contributed by atoms with Gasteiger partial charge in [0.1, 0.15) is 5.58 Å². The Morgan fingerprint density at radius 1 is 0.900 bits per heavy atom. The van der Waals surface area contributed by atoms with Gasteiger partial charge in [0.05, 0.1) is 5.39 Å². The molecule has 0 bridgehead atoms. The number of hydrogen-bond donors (Lipinski definition) is 0. The molecule has 150 valence electrons. The lowest BCUT2D eigenvalue weighted by molar-refractivity contribution is 0.0920. The molecular weight excluding hydrogens is 376 g/mol. The molecule has 0 fully saturated rings. The summed E-state index contributed by atoms with van der Waals surface area (Å²) in [5, 5.41) is 0.471. The molecule has 0 unspecified atom stereocenters. The summed E-state index contributed by atoms with van der Waals surface area (Å²) in [6.45, 7) is 5.57. The van der Waals surface area contributed by atoms with Crippen molar-refractivity contribution in [3.8, 4) is 17.1 Å². The summed E-state index contributed by atoms with van der Waals surface area (Å²) < 4.78 is 12.0. The van der Waals surface area contributed by atoms with Gasteiger partial charge in [0.15, 0.2) is 18.2 Å². The average molecular weight is 398 g/mol. The van der Waals surface area contributed by atoms with Crippen molar-refractivity contribution in [3.05, 3.63) is 99.2 Å². The van der Waals surface area contributed by atoms with E-state index in [0.29, 0.717) is 22.3 Å². The molecule has 30 heavy (non-hydrogen) atoms. The van der Waals surface area contributed by atoms with Crippen molar-refractivity contribution in [1.82, 2.24) is 0 Å². The summed E-state index contributed by atoms with van der Waals surface area (Å²) in [6.07, 6.45) is 0. The Balaban J connectivity index is 1.84. The van der Waals surface area contributed by atoms with Crippen LogP contribution in [-0.4, -0.2) is 12.4 Å². The number of Topliss-reactive ketones (excluding diaryl/α,β-unsaturated/α-hetero) is 1. The van der Waals surface area contributed by atoms with E-state index in [0.717, 1.165) is 22.3 Å². The summed E-state index contributed by atoms with van der Waals surface area (Å²) in [5.41, 5.74) is 4.40. The molecule has 1 aromatic heterocycles. The maximum atomic E-state index is 13.4. The molecule has 0 radical (unpaired) electrons. The number of carbonyl (C=O) groups is 1. The fourth-order valence-corrected chi connectivity index (χ4v) is 3.54. The second-order valence-corrected chi connectivity index (χ2v) is 7.49. The molecule has 0 saturated heterocycles. The van der Waals surface area contributed by atoms with E-state index in [-0.39, 0.29) is 23.6 Å². The molecular formula is C26H22O4. The van der Waals surface area contributed by atoms with Crippen LogP contribution in [-0.2, 0) is 0 Å². The molecule has 0 aliphatic rings. The molecule has 0 aliphatic carbocycles. The van der Waals surface area contributed by atoms with Crippen LogP contribution >= 0.6 is 0 Å². The predicted octanol–water partition coefficient (Wildman–Crippen LogP) is 5.65. The van der Waals surface area contributed by atoms with Crippen LogP contribution in [0.25, 0.3) is 22.3 Å². The van der Waals surface area contributed by atoms with Crippen LogP contribution in [0.15, 0.2) is 75.9 Å². The lowest BCUT2D eigenvalue weighted by atomic mass is 10.0. The average Bonchev–Trinajstić information content (AvgIpc) is 2.73. The highest BCUT2D eigenvalue weighted by Gasteiger charge is 2.20. The number of hydrogen-bond acceptors (Lipinski definition) is 4. The smallest absolute Gasteiger partial charge is 0.235 e. The third-order valence-corrected chi connectivity index (χ3v) is 5.05. The van der Waals surface area contributed by atoms with Gasteiger partial charge in [-0.15, -0.1) is 0 Å². The van der Waals surface area contributed by atoms with E-state index in [1.807, 2.05) is 63.2 Å². The van der Waals surface area contributed by atoms with Crippen molar-refractivity contribution in [1.29, 1.82) is 0 Å². The van der Waals surface area contributed by atoms with Crippen LogP contribution in [0.4, 0.5) is 0 Å². The Morgan fingerprint density at radius 3 is 2.30 bits per heavy atom. The van der Waals surface area contributed by atoms with Crippen molar-refractivity contribution in [2.24, 2.45) is 0 Å². The van der Waals surface area contributed by atoms with E-state index < -0.39 is 0 Å². The number of rotatable bonds is 5. The number of ether oxygens (including phenoxy) is 1. The first kappa shape index (κ1) is 19.6. The zero-order valence-corrected chi connectivity index (χ0v) is 17.2. The van der Waals surface area contributed by atoms with Crippen molar-refractivity contribution < 1.29 is 13.9 Å². The van der Waals surface area contributed by atoms with Gasteiger partial charge in [0, 0.05) is 11.1 Å². The fraction of sp³-hybridized carbons (Fsp3) is 0.154. The van der Waals surface area contributed by atoms with Gasteiger partial charge in [0.25, 0.3) is 0 Å². The second-order valence-electron chi connectivity index (χ2n) is 7.49. The van der Waals surface area contributed by atoms with Crippen molar-refractivity contribution in [2.75, 3.05) is 6.61 Å². The Kier molecular flexibility index (Phi) is 5.23. The first-order valence-electron chi connectivity index (χ1n) is 9.80. The quantitative estimate of drug-likeness (QED) is 0.408. The molecule has 4 nitrogen and oxygen atoms in total. The van der Waals surface area contributed by atoms with Gasteiger partial charge < -0.3 is 9.15 Å². The molecule has 0 saturated carbocycles. The monoisotopic (exact) mass is 398 g/mol. The Hall–Kier alpha value is -3.66. The minimum atomic E-state index is -0.273. The van der Waals surface area contributed by atoms with E-state index in [9.17, 15) is 9.59 Å². The minimum absolute atomic E-state index is 0.0580. The molecule has 1 heterocycles. The molecule has 0 amide bonds. The first-order chi connectivity index (χ1) is 14.4. The maximum Gasteiger partial charge on any atom is 0.235 e. The molecule has 4 rings (SSSR count). The molecule has 4 heteroatoms. The predicted molar refractivity (Wildman–Crippen MR) is 118 cm³/mol. The van der Waals surface area contributed by atoms with Crippen molar-refractivity contribution in [2.45, 2.75) is 20.8 Å². The molecule has 4 aromatic rings. The third-order valence-electron chi connectivity index (χ3n) is 5.05. The largest absolute Gasteiger partial charge is 0.478 e. The summed E-state index contributed by atoms with van der Waals surface area (Å²) >= 11 is 0. The van der Waals surface area contributed by atoms with Crippen molar-refractivity contribution in [3.63, 3.8) is 0 Å². The number of carbonyl (C=O) groups excluding carboxylic acids is 1. The Morgan fingerprint density at radius 2 is 1.60 bits per heavy atom. The van der Waals surface area contributed by atoms with Crippen LogP contribution in [0.5, 0.6) is 5.75 Å². The van der Waals surface area contributed by atoms with Crippen molar-refractivity contribution >= 4 is 16.8 Å². The Labute approximate surface area is 174 Å². The second kappa shape index (κ2) is 7.99. The highest BCUT2D eigenvalue weighted by molar-refractivity contribution is 5.97. The highest BCUT2D eigenvalue weighted by Crippen LogP contribution is 2.32. The van der Waals surface area contributed by atoms with E-state index in [1.165, 1.54) is 0 Å². The minimum Gasteiger partial charge on any atom is -0.478 e. The summed E-state index contributed by atoms with van der Waals surface area (Å²) in [6, 6.07) is 20.3. The lowest BCUT2D eigenvalue weighted by Gasteiger charge is -2.13. The molecule has 0 atom stereocenters. The molecule has 0 aliphatic heterocycles. The zero-order valence-electron chi connectivity index (χ0n) is 17.2. The van der Waals surface area contributed by atoms with Gasteiger partial charge in [-0.05, 0) is 38.0 Å². The lowest BCUT2D eigenvalue weighted by Crippen LogP contribution is -2.17. The third kappa shape index (κ3) is 3.77. The van der Waals surface area contributed by atoms with Gasteiger partial charge in [0.2, 0.25) is 11.2 Å². The molecule has 0 N–H and O–H groups in total. The van der Waals surface area contributed by atoms with Gasteiger partial charge in [-0.2, -0.15) is 0 Å². The van der Waals surface area contributed by atoms with Gasteiger partial charge in [-0.3, -0.25) is 9.59 Å². The molecule has 3 aromatic carbocycles. The fourth-order valence-electron chi connectivity index (χ4n) is 3.54. The standard InChI is InChI=1S/C26H22O4/c1-16-9-11-20(12-10-16)25-26(29-15-21(27)19-7-5-4-6-8-19)24(28)23-18(3)13-17(2)14-22(23)30-25/h4-14H,15H2,1-3H3. The number of fused-ring (bicyclic) bond motifs is 1. The van der Waals surface area contributed by atoms with Gasteiger partial charge in [-0.25, -0.2) is 0 Å². The number of ketones is 1. The summed E-state index contributed by atoms with van der Waals surface area (Å²) in [4.78, 5) is 25.9. The van der Waals surface area contributed by atoms with E-state index in [1.54, 1.807) is 24.3 Å². The Bertz CT molecular complexity index is 1280. The summed E-state index contributed by atoms with van der Waals surface area (Å²) in [7, 11) is 0. The number of benzene rings is 3. The normalized spacial score (nSPS) is 10.9. The van der Waals surface area contributed by atoms with E-state index in [2.05, 4.69) is 0 Å². The van der Waals surface area contributed by atoms with Crippen LogP contribution in [0.1, 0.15) is 27.0 Å². The maximum absolute atomic E-state index is 13.4. The molecule has 0 spiro atoms. The van der Waals surface area contributed by atoms with E-state index >= 15 is 0 Å². The van der Waals surface area contributed by atoms with Crippen LogP contribution < -0.4 is 10.2 Å². The zero-order chi connectivity index (χ0) is 21.3. The van der Waals surface area contributed by atoms with Crippen LogP contribution in [0, 0.1) is 20.8 Å². The van der Waals surface area contributed by atoms with Gasteiger partial charge >= 0.3 is 0 Å². The number of aryl methyl sites for hydroxylation is 3. The van der Waals surface area contributed by atoms with Gasteiger partial charge in [-0.1, -0.05) is 66.2 Å². The topological polar surface area (TPSA) is 56.5 Å². The van der Waals surface area contributed by atoms with E-state index in [4.69, 9.17) is 9.15 Å². The SMILES string of the molecule is Cc1ccc(-c2oc3cc(C)cc(C)c3c(=O)c2OCC(=O)c2ccccc2)cc1. The first-order valence-corrected chi connectivity index (χ1v) is 9.80. The van der Waals surface area contributed by atoms with Crippen LogP contribution in [0.2, 0.25) is 0 Å². The highest BCUT2D eigenvalue weighted by atomic mass is 16.5. The summed E-state index contributed by atoms with van der Waals surface area (Å²) in [5.74, 6) is 0.187. The van der Waals surface area contributed by atoms with Crippen LogP contribution in [0.3, 0.4) is 0 Å².